The van der Waals surface area contributed by atoms with Gasteiger partial charge in [-0.2, -0.15) is 0 Å². The van der Waals surface area contributed by atoms with Crippen LogP contribution in [0.3, 0.4) is 0 Å². The summed E-state index contributed by atoms with van der Waals surface area (Å²) in [6.45, 7) is 4.65. The second kappa shape index (κ2) is 5.25. The van der Waals surface area contributed by atoms with Crippen molar-refractivity contribution in [2.24, 2.45) is 0 Å². The number of likely N-dealkylation sites (tertiary alicyclic amines) is 1. The Hall–Kier alpha value is -0.450. The van der Waals surface area contributed by atoms with Crippen LogP contribution in [0.15, 0.2) is 0 Å². The molecule has 1 aromatic heterocycles. The summed E-state index contributed by atoms with van der Waals surface area (Å²) in [7, 11) is 2.18. The Morgan fingerprint density at radius 1 is 1.44 bits per heavy atom. The lowest BCUT2D eigenvalue weighted by Gasteiger charge is -2.27. The van der Waals surface area contributed by atoms with Crippen LogP contribution in [0, 0.1) is 6.92 Å². The maximum absolute atomic E-state index is 8.97. The van der Waals surface area contributed by atoms with E-state index in [2.05, 4.69) is 23.9 Å². The summed E-state index contributed by atoms with van der Waals surface area (Å²) < 4.78 is 0. The van der Waals surface area contributed by atoms with Crippen LogP contribution in [-0.4, -0.2) is 41.7 Å². The summed E-state index contributed by atoms with van der Waals surface area (Å²) in [6.07, 6.45) is 3.21. The van der Waals surface area contributed by atoms with Crippen molar-refractivity contribution < 1.29 is 5.11 Å². The zero-order chi connectivity index (χ0) is 11.5. The second-order valence-corrected chi connectivity index (χ2v) is 5.73. The first-order chi connectivity index (χ1) is 7.70. The van der Waals surface area contributed by atoms with Gasteiger partial charge < -0.3 is 10.0 Å². The largest absolute Gasteiger partial charge is 0.396 e. The molecule has 1 saturated heterocycles. The molecule has 1 aliphatic rings. The summed E-state index contributed by atoms with van der Waals surface area (Å²) >= 11 is 1.80. The lowest BCUT2D eigenvalue weighted by atomic mass is 9.98. The van der Waals surface area contributed by atoms with E-state index in [0.29, 0.717) is 5.92 Å². The number of rotatable bonds is 3. The van der Waals surface area contributed by atoms with Crippen molar-refractivity contribution in [1.82, 2.24) is 9.88 Å². The third-order valence-corrected chi connectivity index (χ3v) is 4.70. The number of thiazole rings is 1. The highest BCUT2D eigenvalue weighted by molar-refractivity contribution is 7.11. The monoisotopic (exact) mass is 240 g/mol. The Labute approximate surface area is 101 Å². The molecule has 0 aromatic carbocycles. The summed E-state index contributed by atoms with van der Waals surface area (Å²) in [5, 5.41) is 10.3. The molecular formula is C12H20N2OS. The number of aromatic nitrogens is 1. The van der Waals surface area contributed by atoms with Gasteiger partial charge in [-0.15, -0.1) is 11.3 Å². The van der Waals surface area contributed by atoms with Crippen molar-refractivity contribution in [2.45, 2.75) is 32.1 Å². The van der Waals surface area contributed by atoms with E-state index in [4.69, 9.17) is 5.11 Å². The minimum absolute atomic E-state index is 0.232. The van der Waals surface area contributed by atoms with Gasteiger partial charge in [0.25, 0.3) is 0 Å². The molecule has 90 valence electrons. The molecule has 1 N–H and O–H groups in total. The minimum atomic E-state index is 0.232. The Bertz CT molecular complexity index is 343. The molecule has 0 unspecified atom stereocenters. The van der Waals surface area contributed by atoms with E-state index in [1.165, 1.54) is 35.8 Å². The first-order valence-electron chi connectivity index (χ1n) is 5.96. The van der Waals surface area contributed by atoms with Gasteiger partial charge in [-0.05, 0) is 39.9 Å². The first-order valence-corrected chi connectivity index (χ1v) is 6.78. The standard InChI is InChI=1S/C12H20N2OS/c1-9-11(5-8-15)16-12(13-9)10-3-6-14(2)7-4-10/h10,15H,3-8H2,1-2H3. The van der Waals surface area contributed by atoms with Crippen LogP contribution >= 0.6 is 11.3 Å². The maximum Gasteiger partial charge on any atom is 0.0962 e. The van der Waals surface area contributed by atoms with Crippen LogP contribution in [0.2, 0.25) is 0 Å². The fraction of sp³-hybridized carbons (Fsp3) is 0.750. The lowest BCUT2D eigenvalue weighted by Crippen LogP contribution is -2.29. The van der Waals surface area contributed by atoms with Crippen LogP contribution in [0.1, 0.15) is 34.3 Å². The number of piperidine rings is 1. The lowest BCUT2D eigenvalue weighted by molar-refractivity contribution is 0.255. The van der Waals surface area contributed by atoms with E-state index in [0.717, 1.165) is 12.1 Å². The van der Waals surface area contributed by atoms with Crippen molar-refractivity contribution in [3.63, 3.8) is 0 Å². The van der Waals surface area contributed by atoms with E-state index < -0.39 is 0 Å². The average Bonchev–Trinajstić information content (AvgIpc) is 2.62. The smallest absolute Gasteiger partial charge is 0.0962 e. The van der Waals surface area contributed by atoms with Crippen LogP contribution in [0.4, 0.5) is 0 Å². The first kappa shape index (κ1) is 12.0. The van der Waals surface area contributed by atoms with Crippen LogP contribution < -0.4 is 0 Å². The summed E-state index contributed by atoms with van der Waals surface area (Å²) in [5.41, 5.74) is 1.12. The highest BCUT2D eigenvalue weighted by Crippen LogP contribution is 2.32. The number of hydrogen-bond donors (Lipinski definition) is 1. The summed E-state index contributed by atoms with van der Waals surface area (Å²) in [6, 6.07) is 0. The molecule has 16 heavy (non-hydrogen) atoms. The highest BCUT2D eigenvalue weighted by Gasteiger charge is 2.22. The summed E-state index contributed by atoms with van der Waals surface area (Å²) in [4.78, 5) is 8.31. The maximum atomic E-state index is 8.97. The normalized spacial score (nSPS) is 19.2. The molecule has 1 fully saturated rings. The van der Waals surface area contributed by atoms with E-state index in [1.54, 1.807) is 11.3 Å². The van der Waals surface area contributed by atoms with Gasteiger partial charge in [0, 0.05) is 23.8 Å². The second-order valence-electron chi connectivity index (χ2n) is 4.61. The molecule has 1 aliphatic heterocycles. The third kappa shape index (κ3) is 2.62. The SMILES string of the molecule is Cc1nc(C2CCN(C)CC2)sc1CCO. The van der Waals surface area contributed by atoms with Crippen LogP contribution in [-0.2, 0) is 6.42 Å². The molecule has 4 heteroatoms. The van der Waals surface area contributed by atoms with Crippen LogP contribution in [0.25, 0.3) is 0 Å². The van der Waals surface area contributed by atoms with Gasteiger partial charge in [-0.1, -0.05) is 0 Å². The number of hydrogen-bond acceptors (Lipinski definition) is 4. The van der Waals surface area contributed by atoms with Gasteiger partial charge in [0.15, 0.2) is 0 Å². The van der Waals surface area contributed by atoms with E-state index in [9.17, 15) is 0 Å². The van der Waals surface area contributed by atoms with E-state index in [1.807, 2.05) is 0 Å². The van der Waals surface area contributed by atoms with Gasteiger partial charge in [0.05, 0.1) is 10.7 Å². The fourth-order valence-electron chi connectivity index (χ4n) is 2.21. The van der Waals surface area contributed by atoms with Crippen molar-refractivity contribution in [2.75, 3.05) is 26.7 Å². The van der Waals surface area contributed by atoms with Gasteiger partial charge >= 0.3 is 0 Å². The molecule has 2 rings (SSSR count). The zero-order valence-corrected chi connectivity index (χ0v) is 10.9. The van der Waals surface area contributed by atoms with Gasteiger partial charge in [-0.25, -0.2) is 4.98 Å². The third-order valence-electron chi connectivity index (χ3n) is 3.32. The van der Waals surface area contributed by atoms with Crippen molar-refractivity contribution in [1.29, 1.82) is 0 Å². The molecule has 1 aromatic rings. The molecule has 0 atom stereocenters. The Morgan fingerprint density at radius 2 is 2.12 bits per heavy atom. The van der Waals surface area contributed by atoms with E-state index >= 15 is 0 Å². The van der Waals surface area contributed by atoms with Gasteiger partial charge in [0.1, 0.15) is 0 Å². The molecule has 0 radical (unpaired) electrons. The molecule has 0 saturated carbocycles. The number of aliphatic hydroxyl groups excluding tert-OH is 1. The highest BCUT2D eigenvalue weighted by atomic mass is 32.1. The number of aryl methyl sites for hydroxylation is 1. The molecular weight excluding hydrogens is 220 g/mol. The van der Waals surface area contributed by atoms with Crippen molar-refractivity contribution in [3.8, 4) is 0 Å². The average molecular weight is 240 g/mol. The molecule has 0 spiro atoms. The summed E-state index contributed by atoms with van der Waals surface area (Å²) in [5.74, 6) is 0.646. The van der Waals surface area contributed by atoms with Crippen molar-refractivity contribution >= 4 is 11.3 Å². The topological polar surface area (TPSA) is 36.4 Å². The predicted molar refractivity (Wildman–Crippen MR) is 67.1 cm³/mol. The number of aliphatic hydroxyl groups is 1. The van der Waals surface area contributed by atoms with Gasteiger partial charge in [-0.3, -0.25) is 0 Å². The van der Waals surface area contributed by atoms with Crippen molar-refractivity contribution in [3.05, 3.63) is 15.6 Å². The Kier molecular flexibility index (Phi) is 3.95. The zero-order valence-electron chi connectivity index (χ0n) is 10.1. The minimum Gasteiger partial charge on any atom is -0.396 e. The predicted octanol–water partition coefficient (Wildman–Crippen LogP) is 1.80. The van der Waals surface area contributed by atoms with Crippen LogP contribution in [0.5, 0.6) is 0 Å². The molecule has 2 heterocycles. The molecule has 0 amide bonds. The molecule has 0 bridgehead atoms. The quantitative estimate of drug-likeness (QED) is 0.875. The Balaban J connectivity index is 2.06. The number of nitrogens with zero attached hydrogens (tertiary/aromatic N) is 2. The molecule has 3 nitrogen and oxygen atoms in total. The fourth-order valence-corrected chi connectivity index (χ4v) is 3.44. The molecule has 0 aliphatic carbocycles. The Morgan fingerprint density at radius 3 is 2.75 bits per heavy atom. The van der Waals surface area contributed by atoms with E-state index in [-0.39, 0.29) is 6.61 Å². The van der Waals surface area contributed by atoms with Gasteiger partial charge in [0.2, 0.25) is 0 Å².